The summed E-state index contributed by atoms with van der Waals surface area (Å²) in [6.45, 7) is 3.59. The van der Waals surface area contributed by atoms with Crippen LogP contribution < -0.4 is 5.73 Å². The molecule has 1 aromatic carbocycles. The zero-order valence-corrected chi connectivity index (χ0v) is 7.81. The maximum atomic E-state index is 10.7. The lowest BCUT2D eigenvalue weighted by atomic mass is 10.0. The van der Waals surface area contributed by atoms with E-state index in [4.69, 9.17) is 10.8 Å². The summed E-state index contributed by atoms with van der Waals surface area (Å²) in [4.78, 5) is 10.7. The van der Waals surface area contributed by atoms with Gasteiger partial charge in [0.2, 0.25) is 0 Å². The number of carboxylic acids is 1. The summed E-state index contributed by atoms with van der Waals surface area (Å²) in [5.41, 5.74) is 6.90. The molecule has 74 valence electrons. The average molecular weight is 191 g/mol. The van der Waals surface area contributed by atoms with Gasteiger partial charge in [0.25, 0.3) is 0 Å². The molecular formula is C11H13NO2. The van der Waals surface area contributed by atoms with Crippen molar-refractivity contribution >= 4 is 5.97 Å². The SMILES string of the molecule is C=CC[C@H](N)c1cccc(C(=O)O)c1. The Morgan fingerprint density at radius 3 is 2.93 bits per heavy atom. The van der Waals surface area contributed by atoms with Crippen LogP contribution in [0.25, 0.3) is 0 Å². The number of carboxylic acid groups (broad SMARTS) is 1. The summed E-state index contributed by atoms with van der Waals surface area (Å²) in [5.74, 6) is -0.933. The number of carbonyl (C=O) groups is 1. The highest BCUT2D eigenvalue weighted by molar-refractivity contribution is 5.87. The first-order chi connectivity index (χ1) is 6.65. The molecule has 0 unspecified atom stereocenters. The minimum atomic E-state index is -0.933. The fraction of sp³-hybridized carbons (Fsp3) is 0.182. The molecule has 0 amide bonds. The molecule has 1 aromatic rings. The minimum absolute atomic E-state index is 0.174. The van der Waals surface area contributed by atoms with Gasteiger partial charge in [0.05, 0.1) is 5.56 Å². The Morgan fingerprint density at radius 1 is 1.64 bits per heavy atom. The number of benzene rings is 1. The molecule has 0 bridgehead atoms. The standard InChI is InChI=1S/C11H13NO2/c1-2-4-10(12)8-5-3-6-9(7-8)11(13)14/h2-3,5-7,10H,1,4,12H2,(H,13,14)/t10-/m0/s1. The van der Waals surface area contributed by atoms with Crippen LogP contribution in [-0.2, 0) is 0 Å². The van der Waals surface area contributed by atoms with Crippen molar-refractivity contribution in [2.24, 2.45) is 5.73 Å². The first-order valence-electron chi connectivity index (χ1n) is 4.35. The number of hydrogen-bond donors (Lipinski definition) is 2. The van der Waals surface area contributed by atoms with Crippen molar-refractivity contribution in [2.75, 3.05) is 0 Å². The molecule has 0 saturated carbocycles. The summed E-state index contributed by atoms with van der Waals surface area (Å²) in [6, 6.07) is 6.48. The van der Waals surface area contributed by atoms with Gasteiger partial charge >= 0.3 is 5.97 Å². The molecule has 0 saturated heterocycles. The van der Waals surface area contributed by atoms with Crippen LogP contribution in [0.5, 0.6) is 0 Å². The molecule has 14 heavy (non-hydrogen) atoms. The van der Waals surface area contributed by atoms with Crippen LogP contribution in [-0.4, -0.2) is 11.1 Å². The summed E-state index contributed by atoms with van der Waals surface area (Å²) in [7, 11) is 0. The summed E-state index contributed by atoms with van der Waals surface area (Å²) >= 11 is 0. The summed E-state index contributed by atoms with van der Waals surface area (Å²) < 4.78 is 0. The van der Waals surface area contributed by atoms with Crippen molar-refractivity contribution in [3.63, 3.8) is 0 Å². The highest BCUT2D eigenvalue weighted by Gasteiger charge is 2.07. The third-order valence-electron chi connectivity index (χ3n) is 1.98. The first kappa shape index (κ1) is 10.5. The van der Waals surface area contributed by atoms with Crippen LogP contribution in [0.15, 0.2) is 36.9 Å². The predicted molar refractivity (Wildman–Crippen MR) is 55.1 cm³/mol. The molecule has 1 rings (SSSR count). The van der Waals surface area contributed by atoms with Crippen molar-refractivity contribution in [2.45, 2.75) is 12.5 Å². The number of rotatable bonds is 4. The second-order valence-electron chi connectivity index (χ2n) is 3.06. The molecule has 0 aromatic heterocycles. The van der Waals surface area contributed by atoms with Crippen LogP contribution in [0.1, 0.15) is 28.4 Å². The van der Waals surface area contributed by atoms with E-state index in [1.807, 2.05) is 6.07 Å². The van der Waals surface area contributed by atoms with Crippen molar-refractivity contribution in [3.8, 4) is 0 Å². The van der Waals surface area contributed by atoms with E-state index in [1.165, 1.54) is 0 Å². The maximum absolute atomic E-state index is 10.7. The van der Waals surface area contributed by atoms with Gasteiger partial charge in [-0.3, -0.25) is 0 Å². The van der Waals surface area contributed by atoms with Crippen LogP contribution in [0, 0.1) is 0 Å². The lowest BCUT2D eigenvalue weighted by Gasteiger charge is -2.09. The van der Waals surface area contributed by atoms with E-state index in [9.17, 15) is 4.79 Å². The lowest BCUT2D eigenvalue weighted by Crippen LogP contribution is -2.10. The maximum Gasteiger partial charge on any atom is 0.335 e. The third kappa shape index (κ3) is 2.44. The number of aromatic carboxylic acids is 1. The molecule has 0 aliphatic rings. The molecule has 0 heterocycles. The highest BCUT2D eigenvalue weighted by atomic mass is 16.4. The van der Waals surface area contributed by atoms with Crippen LogP contribution in [0.4, 0.5) is 0 Å². The van der Waals surface area contributed by atoms with Crippen LogP contribution >= 0.6 is 0 Å². The van der Waals surface area contributed by atoms with E-state index < -0.39 is 5.97 Å². The van der Waals surface area contributed by atoms with E-state index in [-0.39, 0.29) is 11.6 Å². The van der Waals surface area contributed by atoms with Crippen LogP contribution in [0.2, 0.25) is 0 Å². The van der Waals surface area contributed by atoms with E-state index >= 15 is 0 Å². The number of hydrogen-bond acceptors (Lipinski definition) is 2. The van der Waals surface area contributed by atoms with Crippen molar-refractivity contribution in [1.29, 1.82) is 0 Å². The zero-order valence-electron chi connectivity index (χ0n) is 7.81. The van der Waals surface area contributed by atoms with Crippen LogP contribution in [0.3, 0.4) is 0 Å². The Kier molecular flexibility index (Phi) is 3.42. The van der Waals surface area contributed by atoms with Crippen molar-refractivity contribution in [3.05, 3.63) is 48.0 Å². The molecule has 0 aliphatic carbocycles. The van der Waals surface area contributed by atoms with Gasteiger partial charge in [0.15, 0.2) is 0 Å². The molecule has 1 atom stereocenters. The van der Waals surface area contributed by atoms with Gasteiger partial charge in [-0.2, -0.15) is 0 Å². The average Bonchev–Trinajstić information content (AvgIpc) is 2.18. The highest BCUT2D eigenvalue weighted by Crippen LogP contribution is 2.15. The normalized spacial score (nSPS) is 12.1. The smallest absolute Gasteiger partial charge is 0.335 e. The van der Waals surface area contributed by atoms with Crippen molar-refractivity contribution < 1.29 is 9.90 Å². The van der Waals surface area contributed by atoms with Gasteiger partial charge in [-0.05, 0) is 24.1 Å². The molecule has 0 radical (unpaired) electrons. The topological polar surface area (TPSA) is 63.3 Å². The first-order valence-corrected chi connectivity index (χ1v) is 4.35. The van der Waals surface area contributed by atoms with Gasteiger partial charge in [-0.1, -0.05) is 18.2 Å². The van der Waals surface area contributed by atoms with Gasteiger partial charge < -0.3 is 10.8 Å². The third-order valence-corrected chi connectivity index (χ3v) is 1.98. The quantitative estimate of drug-likeness (QED) is 0.715. The van der Waals surface area contributed by atoms with E-state index in [0.717, 1.165) is 5.56 Å². The van der Waals surface area contributed by atoms with Gasteiger partial charge in [0, 0.05) is 6.04 Å². The zero-order chi connectivity index (χ0) is 10.6. The van der Waals surface area contributed by atoms with Crippen molar-refractivity contribution in [1.82, 2.24) is 0 Å². The molecule has 0 aliphatic heterocycles. The molecule has 3 heteroatoms. The fourth-order valence-electron chi connectivity index (χ4n) is 1.22. The Labute approximate surface area is 82.9 Å². The summed E-state index contributed by atoms with van der Waals surface area (Å²) in [5, 5.41) is 8.76. The van der Waals surface area contributed by atoms with Gasteiger partial charge in [-0.15, -0.1) is 6.58 Å². The predicted octanol–water partition coefficient (Wildman–Crippen LogP) is 1.96. The Balaban J connectivity index is 2.93. The number of nitrogens with two attached hydrogens (primary N) is 1. The Morgan fingerprint density at radius 2 is 2.36 bits per heavy atom. The summed E-state index contributed by atoms with van der Waals surface area (Å²) in [6.07, 6.45) is 2.36. The molecule has 0 fully saturated rings. The van der Waals surface area contributed by atoms with E-state index in [2.05, 4.69) is 6.58 Å². The second kappa shape index (κ2) is 4.58. The lowest BCUT2D eigenvalue weighted by molar-refractivity contribution is 0.0697. The van der Waals surface area contributed by atoms with Gasteiger partial charge in [0.1, 0.15) is 0 Å². The minimum Gasteiger partial charge on any atom is -0.478 e. The fourth-order valence-corrected chi connectivity index (χ4v) is 1.22. The Hall–Kier alpha value is -1.61. The molecular weight excluding hydrogens is 178 g/mol. The van der Waals surface area contributed by atoms with E-state index in [0.29, 0.717) is 6.42 Å². The monoisotopic (exact) mass is 191 g/mol. The molecule has 3 nitrogen and oxygen atoms in total. The molecule has 0 spiro atoms. The largest absolute Gasteiger partial charge is 0.478 e. The van der Waals surface area contributed by atoms with E-state index in [1.54, 1.807) is 24.3 Å². The second-order valence-corrected chi connectivity index (χ2v) is 3.06. The van der Waals surface area contributed by atoms with Gasteiger partial charge in [-0.25, -0.2) is 4.79 Å². The molecule has 3 N–H and O–H groups in total. The Bertz CT molecular complexity index is 347.